The Bertz CT molecular complexity index is 253. The number of hydrogen-bond donors (Lipinski definition) is 0. The third kappa shape index (κ3) is 6.40. The van der Waals surface area contributed by atoms with E-state index in [-0.39, 0.29) is 0 Å². The van der Waals surface area contributed by atoms with E-state index in [0.29, 0.717) is 0 Å². The van der Waals surface area contributed by atoms with Crippen molar-refractivity contribution in [1.82, 2.24) is 0 Å². The number of thioether (sulfide) groups is 1. The molecule has 0 saturated carbocycles. The third-order valence-corrected chi connectivity index (χ3v) is 3.41. The predicted octanol–water partition coefficient (Wildman–Crippen LogP) is 4.92. The van der Waals surface area contributed by atoms with Crippen molar-refractivity contribution in [2.45, 2.75) is 37.0 Å². The minimum absolute atomic E-state index is 1.17. The molecule has 0 aliphatic heterocycles. The SMILES string of the molecule is C=CCCCCCCSc1ccccc1. The molecule has 0 fully saturated rings. The number of rotatable bonds is 8. The Balaban J connectivity index is 1.95. The molecule has 0 nitrogen and oxygen atoms in total. The number of unbranched alkanes of at least 4 members (excludes halogenated alkanes) is 4. The Labute approximate surface area is 97.8 Å². The van der Waals surface area contributed by atoms with Gasteiger partial charge < -0.3 is 0 Å². The molecule has 0 N–H and O–H groups in total. The van der Waals surface area contributed by atoms with Crippen LogP contribution in [0.25, 0.3) is 0 Å². The largest absolute Gasteiger partial charge is 0.126 e. The summed E-state index contributed by atoms with van der Waals surface area (Å²) in [5.41, 5.74) is 0. The molecule has 0 aliphatic carbocycles. The minimum Gasteiger partial charge on any atom is -0.126 e. The fraction of sp³-hybridized carbons (Fsp3) is 0.429. The molecule has 15 heavy (non-hydrogen) atoms. The second-order valence-corrected chi connectivity index (χ2v) is 4.82. The lowest BCUT2D eigenvalue weighted by Gasteiger charge is -2.01. The van der Waals surface area contributed by atoms with Crippen LogP contribution >= 0.6 is 11.8 Å². The standard InChI is InChI=1S/C14H20S/c1-2-3-4-5-6-10-13-15-14-11-8-7-9-12-14/h2,7-9,11-12H,1,3-6,10,13H2. The molecule has 0 atom stereocenters. The van der Waals surface area contributed by atoms with E-state index in [1.807, 2.05) is 17.8 Å². The summed E-state index contributed by atoms with van der Waals surface area (Å²) in [6.07, 6.45) is 8.52. The molecule has 0 unspecified atom stereocenters. The fourth-order valence-corrected chi connectivity index (χ4v) is 2.38. The lowest BCUT2D eigenvalue weighted by Crippen LogP contribution is -1.81. The van der Waals surface area contributed by atoms with Crippen molar-refractivity contribution < 1.29 is 0 Å². The molecule has 0 heterocycles. The van der Waals surface area contributed by atoms with Crippen molar-refractivity contribution in [3.63, 3.8) is 0 Å². The maximum absolute atomic E-state index is 3.73. The van der Waals surface area contributed by atoms with Gasteiger partial charge in [0.25, 0.3) is 0 Å². The first-order chi connectivity index (χ1) is 7.43. The summed E-state index contributed by atoms with van der Waals surface area (Å²) in [6.45, 7) is 3.73. The van der Waals surface area contributed by atoms with Crippen LogP contribution in [0.2, 0.25) is 0 Å². The van der Waals surface area contributed by atoms with Gasteiger partial charge in [-0.1, -0.05) is 37.1 Å². The van der Waals surface area contributed by atoms with E-state index in [1.54, 1.807) is 0 Å². The van der Waals surface area contributed by atoms with Gasteiger partial charge in [0.1, 0.15) is 0 Å². The summed E-state index contributed by atoms with van der Waals surface area (Å²) >= 11 is 1.96. The summed E-state index contributed by atoms with van der Waals surface area (Å²) in [6, 6.07) is 10.6. The molecule has 0 saturated heterocycles. The van der Waals surface area contributed by atoms with Crippen LogP contribution in [0.15, 0.2) is 47.9 Å². The van der Waals surface area contributed by atoms with E-state index in [0.717, 1.165) is 0 Å². The minimum atomic E-state index is 1.17. The quantitative estimate of drug-likeness (QED) is 0.340. The van der Waals surface area contributed by atoms with E-state index in [2.05, 4.69) is 36.9 Å². The van der Waals surface area contributed by atoms with Gasteiger partial charge in [-0.05, 0) is 37.1 Å². The molecule has 0 aliphatic rings. The Morgan fingerprint density at radius 1 is 1.00 bits per heavy atom. The Hall–Kier alpha value is -0.690. The molecule has 0 radical (unpaired) electrons. The topological polar surface area (TPSA) is 0 Å². The molecule has 1 aromatic carbocycles. The molecule has 0 bridgehead atoms. The first-order valence-corrected chi connectivity index (χ1v) is 6.71. The molecular formula is C14H20S. The van der Waals surface area contributed by atoms with Crippen LogP contribution in [0.5, 0.6) is 0 Å². The second kappa shape index (κ2) is 8.60. The van der Waals surface area contributed by atoms with Crippen LogP contribution in [0, 0.1) is 0 Å². The van der Waals surface area contributed by atoms with Crippen molar-refractivity contribution in [3.8, 4) is 0 Å². The molecule has 0 amide bonds. The highest BCUT2D eigenvalue weighted by Gasteiger charge is 1.92. The summed E-state index contributed by atoms with van der Waals surface area (Å²) in [5, 5.41) is 0. The zero-order valence-corrected chi connectivity index (χ0v) is 10.1. The predicted molar refractivity (Wildman–Crippen MR) is 70.4 cm³/mol. The maximum Gasteiger partial charge on any atom is 0.00719 e. The molecule has 1 heteroatoms. The van der Waals surface area contributed by atoms with E-state index >= 15 is 0 Å². The van der Waals surface area contributed by atoms with Gasteiger partial charge in [-0.25, -0.2) is 0 Å². The van der Waals surface area contributed by atoms with Gasteiger partial charge >= 0.3 is 0 Å². The van der Waals surface area contributed by atoms with Gasteiger partial charge in [0.15, 0.2) is 0 Å². The Kier molecular flexibility index (Phi) is 7.10. The lowest BCUT2D eigenvalue weighted by atomic mass is 10.2. The normalized spacial score (nSPS) is 10.1. The summed E-state index contributed by atoms with van der Waals surface area (Å²) in [5.74, 6) is 1.25. The van der Waals surface area contributed by atoms with Crippen LogP contribution in [-0.2, 0) is 0 Å². The van der Waals surface area contributed by atoms with Gasteiger partial charge in [0.05, 0.1) is 0 Å². The first-order valence-electron chi connectivity index (χ1n) is 5.72. The number of benzene rings is 1. The summed E-state index contributed by atoms with van der Waals surface area (Å²) in [7, 11) is 0. The molecular weight excluding hydrogens is 200 g/mol. The van der Waals surface area contributed by atoms with Crippen LogP contribution in [0.1, 0.15) is 32.1 Å². The zero-order chi connectivity index (χ0) is 10.8. The molecule has 82 valence electrons. The summed E-state index contributed by atoms with van der Waals surface area (Å²) < 4.78 is 0. The van der Waals surface area contributed by atoms with E-state index < -0.39 is 0 Å². The molecule has 1 aromatic rings. The van der Waals surface area contributed by atoms with Gasteiger partial charge in [0, 0.05) is 4.90 Å². The van der Waals surface area contributed by atoms with Crippen LogP contribution in [0.3, 0.4) is 0 Å². The van der Waals surface area contributed by atoms with Crippen LogP contribution < -0.4 is 0 Å². The monoisotopic (exact) mass is 220 g/mol. The number of allylic oxidation sites excluding steroid dienone is 1. The van der Waals surface area contributed by atoms with Crippen molar-refractivity contribution in [2.75, 3.05) is 5.75 Å². The smallest absolute Gasteiger partial charge is 0.00719 e. The van der Waals surface area contributed by atoms with Crippen LogP contribution in [0.4, 0.5) is 0 Å². The molecule has 0 aromatic heterocycles. The molecule has 1 rings (SSSR count). The van der Waals surface area contributed by atoms with Crippen molar-refractivity contribution in [3.05, 3.63) is 43.0 Å². The average Bonchev–Trinajstić information content (AvgIpc) is 2.29. The lowest BCUT2D eigenvalue weighted by molar-refractivity contribution is 0.678. The highest BCUT2D eigenvalue weighted by atomic mass is 32.2. The van der Waals surface area contributed by atoms with Crippen molar-refractivity contribution >= 4 is 11.8 Å². The van der Waals surface area contributed by atoms with Gasteiger partial charge in [-0.2, -0.15) is 0 Å². The fourth-order valence-electron chi connectivity index (χ4n) is 1.45. The highest BCUT2D eigenvalue weighted by Crippen LogP contribution is 2.19. The Morgan fingerprint density at radius 2 is 1.73 bits per heavy atom. The van der Waals surface area contributed by atoms with Gasteiger partial charge in [-0.3, -0.25) is 0 Å². The highest BCUT2D eigenvalue weighted by molar-refractivity contribution is 7.99. The third-order valence-electron chi connectivity index (χ3n) is 2.31. The van der Waals surface area contributed by atoms with Gasteiger partial charge in [-0.15, -0.1) is 18.3 Å². The van der Waals surface area contributed by atoms with Gasteiger partial charge in [0.2, 0.25) is 0 Å². The zero-order valence-electron chi connectivity index (χ0n) is 9.32. The van der Waals surface area contributed by atoms with E-state index in [9.17, 15) is 0 Å². The maximum atomic E-state index is 3.73. The summed E-state index contributed by atoms with van der Waals surface area (Å²) in [4.78, 5) is 1.39. The van der Waals surface area contributed by atoms with Crippen molar-refractivity contribution in [1.29, 1.82) is 0 Å². The molecule has 0 spiro atoms. The van der Waals surface area contributed by atoms with Crippen LogP contribution in [-0.4, -0.2) is 5.75 Å². The second-order valence-electron chi connectivity index (χ2n) is 3.65. The number of hydrogen-bond acceptors (Lipinski definition) is 1. The Morgan fingerprint density at radius 3 is 2.47 bits per heavy atom. The first kappa shape index (κ1) is 12.4. The van der Waals surface area contributed by atoms with E-state index in [1.165, 1.54) is 42.8 Å². The van der Waals surface area contributed by atoms with E-state index in [4.69, 9.17) is 0 Å². The average molecular weight is 220 g/mol. The van der Waals surface area contributed by atoms with Crippen molar-refractivity contribution in [2.24, 2.45) is 0 Å².